The second-order valence-electron chi connectivity index (χ2n) is 10.5. The maximum atomic E-state index is 12.5. The lowest BCUT2D eigenvalue weighted by Crippen LogP contribution is -2.57. The molecular weight excluding hydrogens is 402 g/mol. The summed E-state index contributed by atoms with van der Waals surface area (Å²) in [5.74, 6) is 1.43. The first-order valence-electron chi connectivity index (χ1n) is 11.6. The minimum absolute atomic E-state index is 0.0136. The summed E-state index contributed by atoms with van der Waals surface area (Å²) in [5.41, 5.74) is 1.46. The van der Waals surface area contributed by atoms with Crippen molar-refractivity contribution in [3.8, 4) is 6.07 Å². The van der Waals surface area contributed by atoms with E-state index in [-0.39, 0.29) is 17.5 Å². The molecular formula is C25H37N5O2. The van der Waals surface area contributed by atoms with Crippen LogP contribution >= 0.6 is 0 Å². The standard InChI is InChI=1S/C25H37N5O2/c1-25(2,3)23(31)17-30-14-20-9-21(15-30)13-29(12-20)16-22(28-24(32)27-4)10-18-5-7-19(11-26)8-6-18/h5-8,20-22H,9-10,12-17H2,1-4H3,(H2,27,28,32). The lowest BCUT2D eigenvalue weighted by Gasteiger charge is -2.46. The van der Waals surface area contributed by atoms with Crippen LogP contribution in [0, 0.1) is 28.6 Å². The van der Waals surface area contributed by atoms with E-state index in [1.165, 1.54) is 6.42 Å². The summed E-state index contributed by atoms with van der Waals surface area (Å²) < 4.78 is 0. The van der Waals surface area contributed by atoms with Gasteiger partial charge in [0.1, 0.15) is 0 Å². The molecule has 1 aromatic rings. The molecule has 7 heteroatoms. The third kappa shape index (κ3) is 6.78. The number of hydrogen-bond acceptors (Lipinski definition) is 5. The van der Waals surface area contributed by atoms with Crippen LogP contribution < -0.4 is 10.6 Å². The largest absolute Gasteiger partial charge is 0.341 e. The Kier molecular flexibility index (Phi) is 7.91. The van der Waals surface area contributed by atoms with Gasteiger partial charge in [-0.2, -0.15) is 5.26 Å². The van der Waals surface area contributed by atoms with E-state index in [9.17, 15) is 9.59 Å². The van der Waals surface area contributed by atoms with Crippen LogP contribution in [0.4, 0.5) is 4.79 Å². The highest BCUT2D eigenvalue weighted by atomic mass is 16.2. The molecule has 2 N–H and O–H groups in total. The minimum Gasteiger partial charge on any atom is -0.341 e. The van der Waals surface area contributed by atoms with Crippen LogP contribution in [0.25, 0.3) is 0 Å². The number of ketones is 1. The predicted molar refractivity (Wildman–Crippen MR) is 125 cm³/mol. The molecule has 3 unspecified atom stereocenters. The summed E-state index contributed by atoms with van der Waals surface area (Å²) in [6, 6.07) is 9.54. The summed E-state index contributed by atoms with van der Waals surface area (Å²) in [6.07, 6.45) is 1.94. The lowest BCUT2D eigenvalue weighted by atomic mass is 9.83. The quantitative estimate of drug-likeness (QED) is 0.680. The van der Waals surface area contributed by atoms with Crippen molar-refractivity contribution < 1.29 is 9.59 Å². The molecule has 2 fully saturated rings. The topological polar surface area (TPSA) is 88.5 Å². The van der Waals surface area contributed by atoms with E-state index in [0.29, 0.717) is 29.7 Å². The highest BCUT2D eigenvalue weighted by Gasteiger charge is 2.36. The molecule has 0 spiro atoms. The number of rotatable bonds is 7. The predicted octanol–water partition coefficient (Wildman–Crippen LogP) is 2.27. The van der Waals surface area contributed by atoms with Crippen molar-refractivity contribution in [2.75, 3.05) is 46.3 Å². The summed E-state index contributed by atoms with van der Waals surface area (Å²) >= 11 is 0. The number of nitrogens with zero attached hydrogens (tertiary/aromatic N) is 3. The number of fused-ring (bicyclic) bond motifs is 2. The van der Waals surface area contributed by atoms with Gasteiger partial charge in [-0.25, -0.2) is 4.79 Å². The number of likely N-dealkylation sites (tertiary alicyclic amines) is 2. The molecule has 3 atom stereocenters. The average molecular weight is 440 g/mol. The molecule has 2 bridgehead atoms. The molecule has 3 rings (SSSR count). The molecule has 0 radical (unpaired) electrons. The number of urea groups is 1. The van der Waals surface area contributed by atoms with Crippen molar-refractivity contribution in [3.63, 3.8) is 0 Å². The van der Waals surface area contributed by atoms with Crippen LogP contribution in [0.15, 0.2) is 24.3 Å². The first-order valence-corrected chi connectivity index (χ1v) is 11.6. The Morgan fingerprint density at radius 1 is 1.09 bits per heavy atom. The third-order valence-corrected chi connectivity index (χ3v) is 6.54. The third-order valence-electron chi connectivity index (χ3n) is 6.54. The number of carbonyl (C=O) groups excluding carboxylic acids is 2. The van der Waals surface area contributed by atoms with Crippen molar-refractivity contribution in [1.29, 1.82) is 5.26 Å². The number of nitrogens with one attached hydrogen (secondary N) is 2. The maximum Gasteiger partial charge on any atom is 0.314 e. The normalized spacial score (nSPS) is 22.6. The molecule has 0 aliphatic carbocycles. The average Bonchev–Trinajstić information content (AvgIpc) is 2.72. The first-order chi connectivity index (χ1) is 15.2. The van der Waals surface area contributed by atoms with Crippen molar-refractivity contribution >= 4 is 11.8 Å². The van der Waals surface area contributed by atoms with Gasteiger partial charge in [0, 0.05) is 51.2 Å². The molecule has 2 aliphatic rings. The zero-order chi connectivity index (χ0) is 23.3. The molecule has 174 valence electrons. The molecule has 0 saturated carbocycles. The Morgan fingerprint density at radius 3 is 2.22 bits per heavy atom. The van der Waals surface area contributed by atoms with Crippen LogP contribution in [0.5, 0.6) is 0 Å². The smallest absolute Gasteiger partial charge is 0.314 e. The fourth-order valence-corrected chi connectivity index (χ4v) is 4.94. The van der Waals surface area contributed by atoms with Gasteiger partial charge in [-0.05, 0) is 42.4 Å². The molecule has 2 aliphatic heterocycles. The molecule has 32 heavy (non-hydrogen) atoms. The molecule has 1 aromatic carbocycles. The number of carbonyl (C=O) groups is 2. The summed E-state index contributed by atoms with van der Waals surface area (Å²) in [4.78, 5) is 29.4. The highest BCUT2D eigenvalue weighted by Crippen LogP contribution is 2.29. The van der Waals surface area contributed by atoms with Crippen molar-refractivity contribution in [2.45, 2.75) is 39.7 Å². The molecule has 2 saturated heterocycles. The van der Waals surface area contributed by atoms with Crippen LogP contribution in [0.3, 0.4) is 0 Å². The van der Waals surface area contributed by atoms with Gasteiger partial charge in [0.2, 0.25) is 0 Å². The molecule has 2 amide bonds. The second kappa shape index (κ2) is 10.5. The zero-order valence-corrected chi connectivity index (χ0v) is 19.9. The molecule has 0 aromatic heterocycles. The number of benzene rings is 1. The van der Waals surface area contributed by atoms with Crippen molar-refractivity contribution in [3.05, 3.63) is 35.4 Å². The first kappa shape index (κ1) is 24.2. The lowest BCUT2D eigenvalue weighted by molar-refractivity contribution is -0.128. The van der Waals surface area contributed by atoms with Crippen LogP contribution in [-0.4, -0.2) is 74.0 Å². The number of amides is 2. The van der Waals surface area contributed by atoms with Gasteiger partial charge in [0.25, 0.3) is 0 Å². The van der Waals surface area contributed by atoms with Gasteiger partial charge >= 0.3 is 6.03 Å². The Hall–Kier alpha value is -2.43. The number of piperidine rings is 2. The molecule has 7 nitrogen and oxygen atoms in total. The molecule has 2 heterocycles. The summed E-state index contributed by atoms with van der Waals surface area (Å²) in [6.45, 7) is 11.3. The SMILES string of the molecule is CNC(=O)NC(Cc1ccc(C#N)cc1)CN1CC2CC(CN(CC(=O)C(C)(C)C)C2)C1. The minimum atomic E-state index is -0.289. The number of Topliss-reactive ketones (excluding diaryl/α,β-unsaturated/α-hetero) is 1. The summed E-state index contributed by atoms with van der Waals surface area (Å²) in [5, 5.41) is 14.8. The van der Waals surface area contributed by atoms with Gasteiger partial charge in [0.05, 0.1) is 18.2 Å². The summed E-state index contributed by atoms with van der Waals surface area (Å²) in [7, 11) is 1.63. The van der Waals surface area contributed by atoms with Gasteiger partial charge in [0.15, 0.2) is 5.78 Å². The van der Waals surface area contributed by atoms with E-state index in [0.717, 1.165) is 44.7 Å². The van der Waals surface area contributed by atoms with Crippen LogP contribution in [-0.2, 0) is 11.2 Å². The number of hydrogen-bond donors (Lipinski definition) is 2. The zero-order valence-electron chi connectivity index (χ0n) is 19.9. The van der Waals surface area contributed by atoms with E-state index in [2.05, 4.69) is 26.5 Å². The van der Waals surface area contributed by atoms with E-state index in [4.69, 9.17) is 5.26 Å². The highest BCUT2D eigenvalue weighted by molar-refractivity contribution is 5.85. The van der Waals surface area contributed by atoms with Gasteiger partial charge in [-0.1, -0.05) is 32.9 Å². The number of nitriles is 1. The van der Waals surface area contributed by atoms with Crippen LogP contribution in [0.2, 0.25) is 0 Å². The Morgan fingerprint density at radius 2 is 1.69 bits per heavy atom. The van der Waals surface area contributed by atoms with Crippen LogP contribution in [0.1, 0.15) is 38.3 Å². The van der Waals surface area contributed by atoms with Crippen molar-refractivity contribution in [2.24, 2.45) is 17.3 Å². The Bertz CT molecular complexity index is 825. The van der Waals surface area contributed by atoms with E-state index < -0.39 is 0 Å². The maximum absolute atomic E-state index is 12.5. The fourth-order valence-electron chi connectivity index (χ4n) is 4.94. The van der Waals surface area contributed by atoms with E-state index >= 15 is 0 Å². The Balaban J connectivity index is 1.59. The van der Waals surface area contributed by atoms with Gasteiger partial charge < -0.3 is 15.5 Å². The fraction of sp³-hybridized carbons (Fsp3) is 0.640. The van der Waals surface area contributed by atoms with Gasteiger partial charge in [-0.3, -0.25) is 9.69 Å². The monoisotopic (exact) mass is 439 g/mol. The van der Waals surface area contributed by atoms with Gasteiger partial charge in [-0.15, -0.1) is 0 Å². The van der Waals surface area contributed by atoms with Crippen molar-refractivity contribution in [1.82, 2.24) is 20.4 Å². The van der Waals surface area contributed by atoms with E-state index in [1.807, 2.05) is 45.0 Å². The van der Waals surface area contributed by atoms with E-state index in [1.54, 1.807) is 7.05 Å². The second-order valence-corrected chi connectivity index (χ2v) is 10.5. The Labute approximate surface area is 192 Å².